The van der Waals surface area contributed by atoms with Crippen LogP contribution in [0.15, 0.2) is 18.2 Å². The monoisotopic (exact) mass is 281 g/mol. The number of carboxylic acid groups (broad SMARTS) is 1. The average molecular weight is 281 g/mol. The third-order valence-corrected chi connectivity index (χ3v) is 3.95. The highest BCUT2D eigenvalue weighted by Crippen LogP contribution is 2.38. The van der Waals surface area contributed by atoms with Crippen molar-refractivity contribution in [2.24, 2.45) is 5.41 Å². The fourth-order valence-corrected chi connectivity index (χ4v) is 2.58. The molecule has 1 saturated carbocycles. The van der Waals surface area contributed by atoms with Gasteiger partial charge in [0.15, 0.2) is 0 Å². The lowest BCUT2D eigenvalue weighted by molar-refractivity contribution is -0.148. The lowest BCUT2D eigenvalue weighted by atomic mass is 9.85. The molecule has 108 valence electrons. The highest BCUT2D eigenvalue weighted by Gasteiger charge is 2.46. The van der Waals surface area contributed by atoms with Crippen LogP contribution in [0.1, 0.15) is 36.5 Å². The summed E-state index contributed by atoms with van der Waals surface area (Å²) in [5.41, 5.74) is -1.23. The highest BCUT2D eigenvalue weighted by atomic mass is 19.1. The largest absolute Gasteiger partial charge is 0.508 e. The third kappa shape index (κ3) is 2.45. The fraction of sp³-hybridized carbons (Fsp3) is 0.429. The fourth-order valence-electron chi connectivity index (χ4n) is 2.58. The van der Waals surface area contributed by atoms with Crippen LogP contribution in [-0.2, 0) is 4.79 Å². The van der Waals surface area contributed by atoms with Gasteiger partial charge in [0.25, 0.3) is 5.91 Å². The zero-order valence-corrected chi connectivity index (χ0v) is 11.0. The third-order valence-electron chi connectivity index (χ3n) is 3.95. The Hall–Kier alpha value is -2.11. The Kier molecular flexibility index (Phi) is 3.65. The van der Waals surface area contributed by atoms with Gasteiger partial charge in [-0.1, -0.05) is 6.42 Å². The smallest absolute Gasteiger partial charge is 0.311 e. The van der Waals surface area contributed by atoms with E-state index in [1.54, 1.807) is 6.92 Å². The molecule has 0 saturated heterocycles. The molecule has 1 aromatic carbocycles. The van der Waals surface area contributed by atoms with E-state index in [1.807, 2.05) is 0 Å². The molecule has 0 aromatic heterocycles. The summed E-state index contributed by atoms with van der Waals surface area (Å²) in [6.45, 7) is 1.58. The maximum absolute atomic E-state index is 13.6. The van der Waals surface area contributed by atoms with Crippen molar-refractivity contribution in [3.8, 4) is 5.75 Å². The van der Waals surface area contributed by atoms with Gasteiger partial charge in [-0.15, -0.1) is 0 Å². The first-order valence-corrected chi connectivity index (χ1v) is 6.37. The van der Waals surface area contributed by atoms with Crippen molar-refractivity contribution in [1.29, 1.82) is 0 Å². The zero-order chi connectivity index (χ0) is 14.9. The molecule has 1 aliphatic carbocycles. The summed E-state index contributed by atoms with van der Waals surface area (Å²) in [6.07, 6.45) is 1.73. The maximum atomic E-state index is 13.6. The molecule has 0 radical (unpaired) electrons. The number of benzene rings is 1. The van der Waals surface area contributed by atoms with Gasteiger partial charge in [-0.05, 0) is 31.9 Å². The minimum atomic E-state index is -1.02. The summed E-state index contributed by atoms with van der Waals surface area (Å²) < 4.78 is 13.6. The molecule has 0 spiro atoms. The molecular formula is C14H16FNO4. The predicted octanol–water partition coefficient (Wildman–Crippen LogP) is 1.90. The van der Waals surface area contributed by atoms with Gasteiger partial charge in [-0.3, -0.25) is 9.59 Å². The van der Waals surface area contributed by atoms with Gasteiger partial charge in [-0.2, -0.15) is 0 Å². The molecule has 0 bridgehead atoms. The second-order valence-electron chi connectivity index (χ2n) is 5.31. The van der Waals surface area contributed by atoms with E-state index in [0.717, 1.165) is 6.07 Å². The number of nitrogens with one attached hydrogen (secondary N) is 1. The number of phenols is 1. The van der Waals surface area contributed by atoms with Crippen LogP contribution in [0.5, 0.6) is 5.75 Å². The number of aromatic hydroxyl groups is 1. The van der Waals surface area contributed by atoms with Crippen LogP contribution in [0.4, 0.5) is 4.39 Å². The van der Waals surface area contributed by atoms with Crippen molar-refractivity contribution in [2.45, 2.75) is 32.2 Å². The van der Waals surface area contributed by atoms with E-state index in [9.17, 15) is 19.1 Å². The van der Waals surface area contributed by atoms with Crippen molar-refractivity contribution in [2.75, 3.05) is 0 Å². The lowest BCUT2D eigenvalue weighted by Crippen LogP contribution is -2.47. The molecule has 2 atom stereocenters. The topological polar surface area (TPSA) is 86.6 Å². The number of halogens is 1. The van der Waals surface area contributed by atoms with E-state index in [1.165, 1.54) is 12.1 Å². The van der Waals surface area contributed by atoms with Gasteiger partial charge >= 0.3 is 5.97 Å². The van der Waals surface area contributed by atoms with Gasteiger partial charge < -0.3 is 15.5 Å². The number of hydrogen-bond acceptors (Lipinski definition) is 3. The Morgan fingerprint density at radius 1 is 1.45 bits per heavy atom. The summed E-state index contributed by atoms with van der Waals surface area (Å²) in [5.74, 6) is -2.74. The molecule has 0 aliphatic heterocycles. The lowest BCUT2D eigenvalue weighted by Gasteiger charge is -2.27. The van der Waals surface area contributed by atoms with Crippen molar-refractivity contribution in [1.82, 2.24) is 5.32 Å². The van der Waals surface area contributed by atoms with Crippen LogP contribution in [0, 0.1) is 11.2 Å². The highest BCUT2D eigenvalue weighted by molar-refractivity contribution is 5.95. The molecule has 1 fully saturated rings. The van der Waals surface area contributed by atoms with Crippen molar-refractivity contribution in [3.05, 3.63) is 29.6 Å². The minimum Gasteiger partial charge on any atom is -0.508 e. The molecule has 2 unspecified atom stereocenters. The van der Waals surface area contributed by atoms with Gasteiger partial charge in [0.2, 0.25) is 0 Å². The van der Waals surface area contributed by atoms with Gasteiger partial charge in [0, 0.05) is 12.1 Å². The van der Waals surface area contributed by atoms with E-state index in [0.29, 0.717) is 19.3 Å². The molecule has 20 heavy (non-hydrogen) atoms. The summed E-state index contributed by atoms with van der Waals surface area (Å²) in [4.78, 5) is 23.3. The number of carbonyl (C=O) groups excluding carboxylic acids is 1. The first kappa shape index (κ1) is 14.3. The van der Waals surface area contributed by atoms with Crippen LogP contribution in [0.3, 0.4) is 0 Å². The summed E-state index contributed by atoms with van der Waals surface area (Å²) >= 11 is 0. The Morgan fingerprint density at radius 3 is 2.75 bits per heavy atom. The van der Waals surface area contributed by atoms with Gasteiger partial charge in [0.05, 0.1) is 11.0 Å². The summed E-state index contributed by atoms with van der Waals surface area (Å²) in [7, 11) is 0. The van der Waals surface area contributed by atoms with Crippen molar-refractivity contribution >= 4 is 11.9 Å². The van der Waals surface area contributed by atoms with Gasteiger partial charge in [0.1, 0.15) is 11.6 Å². The Labute approximate surface area is 115 Å². The predicted molar refractivity (Wildman–Crippen MR) is 68.9 cm³/mol. The second kappa shape index (κ2) is 5.11. The van der Waals surface area contributed by atoms with Crippen molar-refractivity contribution in [3.63, 3.8) is 0 Å². The molecular weight excluding hydrogens is 265 g/mol. The zero-order valence-electron chi connectivity index (χ0n) is 11.0. The summed E-state index contributed by atoms with van der Waals surface area (Å²) in [6, 6.07) is 2.71. The van der Waals surface area contributed by atoms with E-state index in [2.05, 4.69) is 5.32 Å². The molecule has 2 rings (SSSR count). The number of amides is 1. The average Bonchev–Trinajstić information content (AvgIpc) is 2.72. The first-order valence-electron chi connectivity index (χ1n) is 6.37. The number of carboxylic acids is 1. The van der Waals surface area contributed by atoms with Crippen molar-refractivity contribution < 1.29 is 24.2 Å². The Morgan fingerprint density at radius 2 is 2.15 bits per heavy atom. The maximum Gasteiger partial charge on any atom is 0.311 e. The van der Waals surface area contributed by atoms with Crippen LogP contribution >= 0.6 is 0 Å². The van der Waals surface area contributed by atoms with Gasteiger partial charge in [-0.25, -0.2) is 4.39 Å². The Bertz CT molecular complexity index is 560. The van der Waals surface area contributed by atoms with Crippen LogP contribution in [0.2, 0.25) is 0 Å². The molecule has 0 heterocycles. The minimum absolute atomic E-state index is 0.206. The Balaban J connectivity index is 2.17. The molecule has 6 heteroatoms. The number of hydrogen-bond donors (Lipinski definition) is 3. The molecule has 1 amide bonds. The molecule has 5 nitrogen and oxygen atoms in total. The van der Waals surface area contributed by atoms with E-state index in [-0.39, 0.29) is 11.3 Å². The SMILES string of the molecule is CC1(C(=O)O)CCCC1NC(=O)c1ccc(O)cc1F. The quantitative estimate of drug-likeness (QED) is 0.789. The number of carbonyl (C=O) groups is 2. The van der Waals surface area contributed by atoms with E-state index in [4.69, 9.17) is 5.11 Å². The van der Waals surface area contributed by atoms with E-state index < -0.39 is 29.2 Å². The van der Waals surface area contributed by atoms with Crippen LogP contribution in [-0.4, -0.2) is 28.1 Å². The first-order chi connectivity index (χ1) is 9.34. The molecule has 3 N–H and O–H groups in total. The normalized spacial score (nSPS) is 25.4. The summed E-state index contributed by atoms with van der Waals surface area (Å²) in [5, 5.41) is 21.0. The van der Waals surface area contributed by atoms with Crippen LogP contribution in [0.25, 0.3) is 0 Å². The number of aliphatic carboxylic acids is 1. The number of rotatable bonds is 3. The second-order valence-corrected chi connectivity index (χ2v) is 5.31. The standard InChI is InChI=1S/C14H16FNO4/c1-14(13(19)20)6-2-3-11(14)16-12(18)9-5-4-8(17)7-10(9)15/h4-5,7,11,17H,2-3,6H2,1H3,(H,16,18)(H,19,20). The van der Waals surface area contributed by atoms with Crippen LogP contribution < -0.4 is 5.32 Å². The van der Waals surface area contributed by atoms with E-state index >= 15 is 0 Å². The number of phenolic OH excluding ortho intramolecular Hbond substituents is 1. The molecule has 1 aromatic rings. The molecule has 1 aliphatic rings.